The van der Waals surface area contributed by atoms with E-state index in [1.807, 2.05) is 55.5 Å². The van der Waals surface area contributed by atoms with Gasteiger partial charge in [0, 0.05) is 61.8 Å². The predicted molar refractivity (Wildman–Crippen MR) is 310 cm³/mol. The third-order valence-electron chi connectivity index (χ3n) is 12.1. The molecule has 3 heterocycles. The van der Waals surface area contributed by atoms with E-state index in [1.54, 1.807) is 66.9 Å². The number of aromatic amines is 3. The van der Waals surface area contributed by atoms with Crippen LogP contribution in [0.15, 0.2) is 136 Å². The molecule has 21 nitrogen and oxygen atoms in total. The van der Waals surface area contributed by atoms with Gasteiger partial charge < -0.3 is 39.1 Å². The second-order valence-corrected chi connectivity index (χ2v) is 18.5. The van der Waals surface area contributed by atoms with E-state index in [2.05, 4.69) is 46.0 Å². The third-order valence-corrected chi connectivity index (χ3v) is 12.7. The van der Waals surface area contributed by atoms with E-state index in [0.717, 1.165) is 50.5 Å². The minimum absolute atomic E-state index is 0.0878. The molecule has 9 aromatic rings. The number of alkyl carbamates (subject to hydrolysis) is 1. The van der Waals surface area contributed by atoms with Crippen molar-refractivity contribution in [2.45, 2.75) is 19.8 Å². The van der Waals surface area contributed by atoms with Gasteiger partial charge in [-0.25, -0.2) is 38.3 Å². The molecule has 3 amide bonds. The predicted octanol–water partition coefficient (Wildman–Crippen LogP) is 9.46. The molecule has 0 spiro atoms. The number of ether oxygens (including phenoxy) is 6. The maximum atomic E-state index is 14.9. The van der Waals surface area contributed by atoms with E-state index in [0.29, 0.717) is 62.7 Å². The van der Waals surface area contributed by atoms with Crippen molar-refractivity contribution in [2.75, 3.05) is 78.3 Å². The van der Waals surface area contributed by atoms with Gasteiger partial charge in [-0.15, -0.1) is 0 Å². The van der Waals surface area contributed by atoms with E-state index >= 15 is 0 Å². The maximum absolute atomic E-state index is 14.9. The number of nitrogens with one attached hydrogen (secondary N) is 5. The first kappa shape index (κ1) is 60.3. The van der Waals surface area contributed by atoms with Gasteiger partial charge in [0.15, 0.2) is 5.17 Å². The molecule has 0 saturated heterocycles. The van der Waals surface area contributed by atoms with E-state index in [9.17, 15) is 32.8 Å². The second kappa shape index (κ2) is 29.7. The number of methoxy groups -OCH3 is 3. The minimum atomic E-state index is -0.807. The molecule has 7 N–H and O–H groups in total. The third kappa shape index (κ3) is 16.6. The lowest BCUT2D eigenvalue weighted by molar-refractivity contribution is 0.101. The van der Waals surface area contributed by atoms with Crippen LogP contribution in [0, 0.1) is 18.6 Å². The molecular weight excluding hydrogens is 1080 g/mol. The molecule has 82 heavy (non-hydrogen) atoms. The largest absolute Gasteiger partial charge is 0.447 e. The van der Waals surface area contributed by atoms with Crippen LogP contribution in [0.3, 0.4) is 0 Å². The Labute approximate surface area is 471 Å². The van der Waals surface area contributed by atoms with Gasteiger partial charge in [-0.05, 0) is 102 Å². The van der Waals surface area contributed by atoms with Crippen LogP contribution >= 0.6 is 11.8 Å². The van der Waals surface area contributed by atoms with Crippen molar-refractivity contribution in [2.24, 2.45) is 4.99 Å². The Morgan fingerprint density at radius 2 is 1.12 bits per heavy atom. The minimum Gasteiger partial charge on any atom is -0.447 e. The number of hydrogen-bond donors (Lipinski definition) is 6. The highest BCUT2D eigenvalue weighted by atomic mass is 32.2. The zero-order chi connectivity index (χ0) is 58.5. The summed E-state index contributed by atoms with van der Waals surface area (Å²) < 4.78 is 58.0. The van der Waals surface area contributed by atoms with Crippen molar-refractivity contribution in [3.05, 3.63) is 182 Å². The lowest BCUT2D eigenvalue weighted by atomic mass is 9.97. The van der Waals surface area contributed by atoms with Crippen LogP contribution in [0.2, 0.25) is 0 Å². The molecule has 0 aliphatic rings. The van der Waals surface area contributed by atoms with Crippen LogP contribution in [0.5, 0.6) is 0 Å². The average Bonchev–Trinajstić information content (AvgIpc) is 3.99. The standard InChI is InChI=1S/C26H22FN5O4.C22H18FN3O.C10H18N2O6S/c1-35-10-11-36-26(34)30-25-28-21-9-7-16(14-23(21)29-25)19-12-15(6-8-20(19)27)13-22-17-4-2-3-5-18(17)24(33)32-31-22;1-13-10-15(7-9-20(13)24)18-11-14(6-8-19(18)23)12-21-16-4-2-3-5-17(16)22(27)26-25-21;1-15-4-6-17-9(13)11-8(19-3)12-10(14)18-7-5-16-2/h2-9,12,14H,10-11,13H2,1H3,(H,32,33)(H2,28,29,30,34);2-11H,12,24H2,1H3,(H,26,27);4-7H2,1-3H3,(H,11,12,13,14). The Balaban J connectivity index is 0.000000187. The van der Waals surface area contributed by atoms with Crippen LogP contribution in [0.25, 0.3) is 54.8 Å². The molecule has 0 saturated carbocycles. The molecule has 0 aliphatic heterocycles. The fourth-order valence-electron chi connectivity index (χ4n) is 8.03. The Hall–Kier alpha value is -9.36. The SMILES string of the molecule is COCCOC(=O)N=C(NC(=O)OCCOC)SC.COCCOC(=O)Nc1nc2ccc(-c3cc(Cc4n[nH]c(=O)c5ccccc45)ccc3F)cc2[nH]1.Cc1cc(-c2cc(Cc3n[nH]c(=O)c4ccccc34)ccc2F)ccc1N. The highest BCUT2D eigenvalue weighted by molar-refractivity contribution is 8.13. The number of amidine groups is 1. The van der Waals surface area contributed by atoms with Crippen molar-refractivity contribution >= 4 is 79.4 Å². The van der Waals surface area contributed by atoms with Gasteiger partial charge in [-0.3, -0.25) is 20.2 Å². The lowest BCUT2D eigenvalue weighted by Crippen LogP contribution is -2.30. The number of amides is 3. The highest BCUT2D eigenvalue weighted by Crippen LogP contribution is 2.30. The fourth-order valence-corrected chi connectivity index (χ4v) is 8.38. The van der Waals surface area contributed by atoms with Crippen molar-refractivity contribution < 1.29 is 51.6 Å². The molecule has 0 aliphatic carbocycles. The number of nitrogens with zero attached hydrogens (tertiary/aromatic N) is 4. The molecule has 24 heteroatoms. The number of carbonyl (C=O) groups is 3. The quantitative estimate of drug-likeness (QED) is 0.0173. The number of hydrogen-bond acceptors (Lipinski definition) is 16. The molecule has 0 radical (unpaired) electrons. The number of aryl methyl sites for hydroxylation is 1. The number of aromatic nitrogens is 6. The van der Waals surface area contributed by atoms with Crippen molar-refractivity contribution in [1.82, 2.24) is 35.7 Å². The van der Waals surface area contributed by atoms with Crippen molar-refractivity contribution in [3.63, 3.8) is 0 Å². The van der Waals surface area contributed by atoms with Gasteiger partial charge in [-0.1, -0.05) is 72.4 Å². The Morgan fingerprint density at radius 1 is 0.622 bits per heavy atom. The number of H-pyrrole nitrogens is 3. The van der Waals surface area contributed by atoms with Crippen LogP contribution in [0.4, 0.5) is 34.8 Å². The van der Waals surface area contributed by atoms with Crippen LogP contribution in [0.1, 0.15) is 28.1 Å². The van der Waals surface area contributed by atoms with Crippen molar-refractivity contribution in [3.8, 4) is 22.3 Å². The number of nitrogens with two attached hydrogens (primary N) is 1. The molecule has 0 atom stereocenters. The molecule has 0 unspecified atom stereocenters. The monoisotopic (exact) mass is 1140 g/mol. The number of imidazole rings is 1. The van der Waals surface area contributed by atoms with E-state index in [-0.39, 0.29) is 73.5 Å². The zero-order valence-corrected chi connectivity index (χ0v) is 46.0. The number of nitrogen functional groups attached to an aromatic ring is 1. The molecule has 3 aromatic heterocycles. The fraction of sp³-hybridized carbons (Fsp3) is 0.224. The molecular formula is C58H58F2N10O11S. The van der Waals surface area contributed by atoms with Crippen molar-refractivity contribution in [1.29, 1.82) is 0 Å². The number of aliphatic imine (C=N–C) groups is 1. The van der Waals surface area contributed by atoms with Gasteiger partial charge in [0.2, 0.25) is 5.95 Å². The summed E-state index contributed by atoms with van der Waals surface area (Å²) in [7, 11) is 4.49. The molecule has 6 aromatic carbocycles. The van der Waals surface area contributed by atoms with Gasteiger partial charge in [0.1, 0.15) is 31.5 Å². The number of carbonyl (C=O) groups excluding carboxylic acids is 3. The molecule has 0 fully saturated rings. The Morgan fingerprint density at radius 3 is 1.65 bits per heavy atom. The molecule has 9 rings (SSSR count). The summed E-state index contributed by atoms with van der Waals surface area (Å²) in [6.45, 7) is 3.08. The summed E-state index contributed by atoms with van der Waals surface area (Å²) in [4.78, 5) is 69.3. The first-order chi connectivity index (χ1) is 39.7. The average molecular weight is 1140 g/mol. The van der Waals surface area contributed by atoms with Gasteiger partial charge in [-0.2, -0.15) is 15.2 Å². The number of fused-ring (bicyclic) bond motifs is 3. The zero-order valence-electron chi connectivity index (χ0n) is 45.2. The molecule has 426 valence electrons. The first-order valence-electron chi connectivity index (χ1n) is 25.2. The van der Waals surface area contributed by atoms with Gasteiger partial charge >= 0.3 is 18.3 Å². The summed E-state index contributed by atoms with van der Waals surface area (Å²) in [5.41, 5.74) is 13.7. The summed E-state index contributed by atoms with van der Waals surface area (Å²) in [6, 6.07) is 35.2. The van der Waals surface area contributed by atoms with Crippen LogP contribution in [-0.2, 0) is 41.3 Å². The number of thioether (sulfide) groups is 1. The smallest absolute Gasteiger partial charge is 0.436 e. The molecule has 0 bridgehead atoms. The summed E-state index contributed by atoms with van der Waals surface area (Å²) in [5, 5.41) is 21.1. The number of anilines is 2. The number of halogens is 2. The lowest BCUT2D eigenvalue weighted by Gasteiger charge is -2.10. The Kier molecular flexibility index (Phi) is 21.9. The van der Waals surface area contributed by atoms with E-state index < -0.39 is 18.3 Å². The van der Waals surface area contributed by atoms with Crippen LogP contribution in [-0.4, -0.2) is 121 Å². The van der Waals surface area contributed by atoms with Gasteiger partial charge in [0.25, 0.3) is 11.1 Å². The normalized spacial score (nSPS) is 11.1. The number of rotatable bonds is 16. The summed E-state index contributed by atoms with van der Waals surface area (Å²) in [6.07, 6.45) is 0.368. The summed E-state index contributed by atoms with van der Waals surface area (Å²) >= 11 is 1.08. The summed E-state index contributed by atoms with van der Waals surface area (Å²) in [5.74, 6) is -0.450. The van der Waals surface area contributed by atoms with Gasteiger partial charge in [0.05, 0.1) is 53.0 Å². The first-order valence-corrected chi connectivity index (χ1v) is 26.4. The van der Waals surface area contributed by atoms with Crippen LogP contribution < -0.4 is 27.5 Å². The van der Waals surface area contributed by atoms with E-state index in [4.69, 9.17) is 34.2 Å². The topological polar surface area (TPSA) is 289 Å². The highest BCUT2D eigenvalue weighted by Gasteiger charge is 2.16. The second-order valence-electron chi connectivity index (χ2n) is 17.7. The van der Waals surface area contributed by atoms with E-state index in [1.165, 1.54) is 33.5 Å². The number of benzene rings is 6. The maximum Gasteiger partial charge on any atom is 0.436 e. The Bertz CT molecular complexity index is 3860.